The summed E-state index contributed by atoms with van der Waals surface area (Å²) < 4.78 is 18.4. The average molecular weight is 311 g/mol. The van der Waals surface area contributed by atoms with Gasteiger partial charge in [-0.2, -0.15) is 0 Å². The van der Waals surface area contributed by atoms with E-state index in [0.29, 0.717) is 0 Å². The van der Waals surface area contributed by atoms with Gasteiger partial charge < -0.3 is 10.5 Å². The highest BCUT2D eigenvalue weighted by molar-refractivity contribution is 9.10. The van der Waals surface area contributed by atoms with Crippen molar-refractivity contribution in [2.24, 2.45) is 5.73 Å². The average Bonchev–Trinajstić information content (AvgIpc) is 2.15. The Kier molecular flexibility index (Phi) is 4.26. The van der Waals surface area contributed by atoms with Crippen LogP contribution in [0.25, 0.3) is 0 Å². The summed E-state index contributed by atoms with van der Waals surface area (Å²) in [6.07, 6.45) is 0. The van der Waals surface area contributed by atoms with E-state index in [1.165, 1.54) is 0 Å². The number of nitrogens with two attached hydrogens (primary N) is 1. The summed E-state index contributed by atoms with van der Waals surface area (Å²) in [6.45, 7) is -0.375. The van der Waals surface area contributed by atoms with Gasteiger partial charge in [0.15, 0.2) is 6.61 Å². The number of rotatable bonds is 4. The maximum Gasteiger partial charge on any atom is 0.255 e. The first-order chi connectivity index (χ1) is 7.41. The standard InChI is InChI=1S/C9H6BrClFNO3/c10-5-2-6(12)4(9(11)15)1-7(5)16-3-8(13)14/h1-2H,3H2,(H2,13,14). The Balaban J connectivity index is 3.05. The molecule has 0 saturated carbocycles. The zero-order chi connectivity index (χ0) is 12.3. The number of amides is 1. The molecule has 0 atom stereocenters. The number of hydrogen-bond donors (Lipinski definition) is 1. The monoisotopic (exact) mass is 309 g/mol. The van der Waals surface area contributed by atoms with Gasteiger partial charge >= 0.3 is 0 Å². The SMILES string of the molecule is NC(=O)COc1cc(C(=O)Cl)c(F)cc1Br. The molecule has 1 rings (SSSR count). The second kappa shape index (κ2) is 5.27. The van der Waals surface area contributed by atoms with Gasteiger partial charge in [-0.25, -0.2) is 4.39 Å². The minimum atomic E-state index is -0.950. The predicted octanol–water partition coefficient (Wildman–Crippen LogP) is 1.83. The first-order valence-corrected chi connectivity index (χ1v) is 5.19. The molecule has 0 heterocycles. The first-order valence-electron chi connectivity index (χ1n) is 4.01. The Labute approximate surface area is 104 Å². The van der Waals surface area contributed by atoms with E-state index < -0.39 is 17.0 Å². The summed E-state index contributed by atoms with van der Waals surface area (Å²) >= 11 is 8.16. The van der Waals surface area contributed by atoms with E-state index >= 15 is 0 Å². The minimum absolute atomic E-state index is 0.115. The van der Waals surface area contributed by atoms with Crippen LogP contribution in [0.4, 0.5) is 4.39 Å². The maximum atomic E-state index is 13.2. The fraction of sp³-hybridized carbons (Fsp3) is 0.111. The summed E-state index contributed by atoms with van der Waals surface area (Å²) in [6, 6.07) is 2.11. The third kappa shape index (κ3) is 3.18. The third-order valence-electron chi connectivity index (χ3n) is 1.60. The van der Waals surface area contributed by atoms with Gasteiger partial charge in [-0.15, -0.1) is 0 Å². The highest BCUT2D eigenvalue weighted by Gasteiger charge is 2.14. The maximum absolute atomic E-state index is 13.2. The van der Waals surface area contributed by atoms with Crippen LogP contribution in [0.1, 0.15) is 10.4 Å². The smallest absolute Gasteiger partial charge is 0.255 e. The molecule has 0 fully saturated rings. The largest absolute Gasteiger partial charge is 0.483 e. The van der Waals surface area contributed by atoms with Crippen LogP contribution in [0.2, 0.25) is 0 Å². The van der Waals surface area contributed by atoms with Crippen LogP contribution >= 0.6 is 27.5 Å². The Morgan fingerprint density at radius 3 is 2.62 bits per heavy atom. The van der Waals surface area contributed by atoms with Gasteiger partial charge in [-0.3, -0.25) is 9.59 Å². The molecule has 7 heteroatoms. The van der Waals surface area contributed by atoms with E-state index in [9.17, 15) is 14.0 Å². The van der Waals surface area contributed by atoms with Crippen LogP contribution < -0.4 is 10.5 Å². The number of ether oxygens (including phenoxy) is 1. The summed E-state index contributed by atoms with van der Waals surface area (Å²) in [7, 11) is 0. The van der Waals surface area contributed by atoms with Crippen molar-refractivity contribution in [1.29, 1.82) is 0 Å². The first kappa shape index (κ1) is 12.9. The van der Waals surface area contributed by atoms with Crippen LogP contribution in [-0.4, -0.2) is 17.8 Å². The van der Waals surface area contributed by atoms with E-state index in [4.69, 9.17) is 22.1 Å². The van der Waals surface area contributed by atoms with Crippen LogP contribution in [0, 0.1) is 5.82 Å². The summed E-state index contributed by atoms with van der Waals surface area (Å²) in [4.78, 5) is 21.3. The highest BCUT2D eigenvalue weighted by atomic mass is 79.9. The molecule has 0 radical (unpaired) electrons. The Morgan fingerprint density at radius 1 is 1.50 bits per heavy atom. The molecule has 0 aliphatic carbocycles. The molecule has 16 heavy (non-hydrogen) atoms. The van der Waals surface area contributed by atoms with Crippen molar-refractivity contribution in [3.8, 4) is 5.75 Å². The second-order valence-electron chi connectivity index (χ2n) is 2.79. The Bertz CT molecular complexity index is 453. The molecule has 0 aliphatic rings. The molecule has 0 unspecified atom stereocenters. The second-order valence-corrected chi connectivity index (χ2v) is 3.99. The van der Waals surface area contributed by atoms with E-state index in [-0.39, 0.29) is 22.4 Å². The van der Waals surface area contributed by atoms with Gasteiger partial charge in [0.05, 0.1) is 10.0 Å². The van der Waals surface area contributed by atoms with Crippen LogP contribution in [-0.2, 0) is 4.79 Å². The molecule has 1 amide bonds. The molecule has 1 aromatic carbocycles. The van der Waals surface area contributed by atoms with Gasteiger partial charge in [0.2, 0.25) is 0 Å². The van der Waals surface area contributed by atoms with Crippen molar-refractivity contribution in [3.63, 3.8) is 0 Å². The molecular formula is C9H6BrClFNO3. The number of primary amides is 1. The van der Waals surface area contributed by atoms with E-state index in [0.717, 1.165) is 12.1 Å². The van der Waals surface area contributed by atoms with Crippen molar-refractivity contribution < 1.29 is 18.7 Å². The lowest BCUT2D eigenvalue weighted by molar-refractivity contribution is -0.119. The highest BCUT2D eigenvalue weighted by Crippen LogP contribution is 2.28. The fourth-order valence-corrected chi connectivity index (χ4v) is 1.51. The van der Waals surface area contributed by atoms with E-state index in [2.05, 4.69) is 15.9 Å². The van der Waals surface area contributed by atoms with Gasteiger partial charge in [0.25, 0.3) is 11.1 Å². The van der Waals surface area contributed by atoms with Crippen molar-refractivity contribution in [2.75, 3.05) is 6.61 Å². The topological polar surface area (TPSA) is 69.4 Å². The van der Waals surface area contributed by atoms with Gasteiger partial charge in [-0.1, -0.05) is 0 Å². The Morgan fingerprint density at radius 2 is 2.12 bits per heavy atom. The number of hydrogen-bond acceptors (Lipinski definition) is 3. The lowest BCUT2D eigenvalue weighted by Gasteiger charge is -2.07. The molecular weight excluding hydrogens is 304 g/mol. The molecule has 86 valence electrons. The van der Waals surface area contributed by atoms with E-state index in [1.54, 1.807) is 0 Å². The molecule has 0 aliphatic heterocycles. The van der Waals surface area contributed by atoms with Crippen LogP contribution in [0.15, 0.2) is 16.6 Å². The number of carbonyl (C=O) groups excluding carboxylic acids is 2. The minimum Gasteiger partial charge on any atom is -0.483 e. The molecule has 0 aromatic heterocycles. The lowest BCUT2D eigenvalue weighted by atomic mass is 10.2. The molecule has 0 spiro atoms. The summed E-state index contributed by atoms with van der Waals surface area (Å²) in [5.74, 6) is -1.35. The van der Waals surface area contributed by atoms with Gasteiger partial charge in [-0.05, 0) is 39.7 Å². The number of benzene rings is 1. The van der Waals surface area contributed by atoms with Crippen molar-refractivity contribution in [2.45, 2.75) is 0 Å². The van der Waals surface area contributed by atoms with Gasteiger partial charge in [0, 0.05) is 0 Å². The van der Waals surface area contributed by atoms with Crippen LogP contribution in [0.5, 0.6) is 5.75 Å². The van der Waals surface area contributed by atoms with Crippen molar-refractivity contribution >= 4 is 38.7 Å². The van der Waals surface area contributed by atoms with E-state index in [1.807, 2.05) is 0 Å². The van der Waals surface area contributed by atoms with Crippen LogP contribution in [0.3, 0.4) is 0 Å². The molecule has 0 bridgehead atoms. The zero-order valence-electron chi connectivity index (χ0n) is 7.80. The predicted molar refractivity (Wildman–Crippen MR) is 59.0 cm³/mol. The molecule has 1 aromatic rings. The third-order valence-corrected chi connectivity index (χ3v) is 2.43. The molecule has 4 nitrogen and oxygen atoms in total. The lowest BCUT2D eigenvalue weighted by Crippen LogP contribution is -2.20. The number of carbonyl (C=O) groups is 2. The molecule has 0 saturated heterocycles. The molecule has 2 N–H and O–H groups in total. The van der Waals surface area contributed by atoms with Gasteiger partial charge in [0.1, 0.15) is 11.6 Å². The number of halogens is 3. The normalized spacial score (nSPS) is 9.94. The summed E-state index contributed by atoms with van der Waals surface area (Å²) in [5, 5.41) is -0.950. The zero-order valence-corrected chi connectivity index (χ0v) is 10.1. The van der Waals surface area contributed by atoms with Crippen molar-refractivity contribution in [1.82, 2.24) is 0 Å². The Hall–Kier alpha value is -1.14. The quantitative estimate of drug-likeness (QED) is 0.863. The van der Waals surface area contributed by atoms with Crippen molar-refractivity contribution in [3.05, 3.63) is 28.0 Å². The summed E-state index contributed by atoms with van der Waals surface area (Å²) in [5.41, 5.74) is 4.54. The fourth-order valence-electron chi connectivity index (χ4n) is 0.939.